The first-order chi connectivity index (χ1) is 8.13. The summed E-state index contributed by atoms with van der Waals surface area (Å²) in [6.45, 7) is 13.7. The quantitative estimate of drug-likeness (QED) is 0.889. The average molecular weight is 249 g/mol. The zero-order valence-corrected chi connectivity index (χ0v) is 12.8. The number of rotatable bonds is 3. The third-order valence-corrected chi connectivity index (χ3v) is 3.48. The van der Waals surface area contributed by atoms with Gasteiger partial charge in [0.15, 0.2) is 0 Å². The van der Waals surface area contributed by atoms with Crippen molar-refractivity contribution in [2.45, 2.75) is 52.4 Å². The van der Waals surface area contributed by atoms with Gasteiger partial charge in [-0.15, -0.1) is 0 Å². The summed E-state index contributed by atoms with van der Waals surface area (Å²) in [6, 6.07) is 4.41. The smallest absolute Gasteiger partial charge is 0.126 e. The molecule has 0 heterocycles. The molecule has 0 spiro atoms. The van der Waals surface area contributed by atoms with E-state index in [4.69, 9.17) is 10.5 Å². The predicted molar refractivity (Wildman–Crippen MR) is 78.5 cm³/mol. The fourth-order valence-corrected chi connectivity index (χ4v) is 2.16. The molecule has 0 fully saturated rings. The summed E-state index contributed by atoms with van der Waals surface area (Å²) in [5.74, 6) is 0.989. The van der Waals surface area contributed by atoms with Gasteiger partial charge in [-0.25, -0.2) is 0 Å². The van der Waals surface area contributed by atoms with Crippen molar-refractivity contribution in [2.24, 2.45) is 5.73 Å². The highest BCUT2D eigenvalue weighted by Crippen LogP contribution is 2.40. The Morgan fingerprint density at radius 2 is 1.56 bits per heavy atom. The van der Waals surface area contributed by atoms with E-state index >= 15 is 0 Å². The molecule has 0 amide bonds. The summed E-state index contributed by atoms with van der Waals surface area (Å²) >= 11 is 0. The van der Waals surface area contributed by atoms with Gasteiger partial charge in [0.2, 0.25) is 0 Å². The Kier molecular flexibility index (Phi) is 4.12. The maximum absolute atomic E-state index is 5.92. The van der Waals surface area contributed by atoms with Crippen molar-refractivity contribution < 1.29 is 4.74 Å². The second-order valence-corrected chi connectivity index (χ2v) is 6.73. The maximum Gasteiger partial charge on any atom is 0.126 e. The van der Waals surface area contributed by atoms with Crippen LogP contribution < -0.4 is 10.5 Å². The number of ether oxygens (including phenoxy) is 1. The van der Waals surface area contributed by atoms with Gasteiger partial charge in [0.25, 0.3) is 0 Å². The highest BCUT2D eigenvalue weighted by atomic mass is 16.5. The Labute approximate surface area is 112 Å². The van der Waals surface area contributed by atoms with Crippen molar-refractivity contribution in [1.82, 2.24) is 0 Å². The van der Waals surface area contributed by atoms with E-state index in [2.05, 4.69) is 53.7 Å². The molecule has 2 heteroatoms. The van der Waals surface area contributed by atoms with Gasteiger partial charge in [-0.3, -0.25) is 0 Å². The molecule has 0 aliphatic carbocycles. The summed E-state index contributed by atoms with van der Waals surface area (Å²) in [4.78, 5) is 0. The molecular weight excluding hydrogens is 222 g/mol. The van der Waals surface area contributed by atoms with E-state index in [0.717, 1.165) is 5.75 Å². The first-order valence-electron chi connectivity index (χ1n) is 6.53. The van der Waals surface area contributed by atoms with E-state index in [-0.39, 0.29) is 10.8 Å². The molecule has 2 N–H and O–H groups in total. The topological polar surface area (TPSA) is 35.2 Å². The van der Waals surface area contributed by atoms with Crippen LogP contribution in [0.2, 0.25) is 0 Å². The second-order valence-electron chi connectivity index (χ2n) is 6.73. The SMILES string of the molecule is COc1c(C(C)(C)C)cc(C)cc1C(C)(C)CN. The monoisotopic (exact) mass is 249 g/mol. The lowest BCUT2D eigenvalue weighted by Gasteiger charge is -2.31. The van der Waals surface area contributed by atoms with Gasteiger partial charge in [0.05, 0.1) is 7.11 Å². The standard InChI is InChI=1S/C16H27NO/c1-11-8-12(15(2,3)4)14(18-7)13(9-11)16(5,6)10-17/h8-9H,10,17H2,1-7H3. The molecule has 1 aromatic rings. The van der Waals surface area contributed by atoms with E-state index in [1.165, 1.54) is 16.7 Å². The van der Waals surface area contributed by atoms with Crippen molar-refractivity contribution in [3.8, 4) is 5.75 Å². The Morgan fingerprint density at radius 3 is 1.94 bits per heavy atom. The zero-order chi connectivity index (χ0) is 14.1. The molecule has 0 atom stereocenters. The van der Waals surface area contributed by atoms with Gasteiger partial charge in [-0.05, 0) is 12.3 Å². The van der Waals surface area contributed by atoms with E-state index < -0.39 is 0 Å². The fourth-order valence-electron chi connectivity index (χ4n) is 2.16. The predicted octanol–water partition coefficient (Wildman–Crippen LogP) is 3.54. The van der Waals surface area contributed by atoms with E-state index in [1.54, 1.807) is 7.11 Å². The summed E-state index contributed by atoms with van der Waals surface area (Å²) in [6.07, 6.45) is 0. The lowest BCUT2D eigenvalue weighted by atomic mass is 9.77. The molecule has 0 saturated carbocycles. The first kappa shape index (κ1) is 15.0. The van der Waals surface area contributed by atoms with Crippen LogP contribution in [0.25, 0.3) is 0 Å². The van der Waals surface area contributed by atoms with Crippen molar-refractivity contribution in [2.75, 3.05) is 13.7 Å². The average Bonchev–Trinajstić information content (AvgIpc) is 2.26. The molecule has 2 nitrogen and oxygen atoms in total. The van der Waals surface area contributed by atoms with Crippen LogP contribution in [0.3, 0.4) is 0 Å². The van der Waals surface area contributed by atoms with E-state index in [1.807, 2.05) is 0 Å². The van der Waals surface area contributed by atoms with E-state index in [0.29, 0.717) is 6.54 Å². The molecule has 102 valence electrons. The van der Waals surface area contributed by atoms with Crippen LogP contribution in [0.1, 0.15) is 51.3 Å². The van der Waals surface area contributed by atoms with Gasteiger partial charge in [-0.1, -0.05) is 52.3 Å². The highest BCUT2D eigenvalue weighted by molar-refractivity contribution is 5.50. The molecule has 0 bridgehead atoms. The molecule has 0 radical (unpaired) electrons. The second kappa shape index (κ2) is 4.93. The van der Waals surface area contributed by atoms with Crippen molar-refractivity contribution in [3.05, 3.63) is 28.8 Å². The van der Waals surface area contributed by atoms with E-state index in [9.17, 15) is 0 Å². The van der Waals surface area contributed by atoms with Crippen molar-refractivity contribution in [3.63, 3.8) is 0 Å². The molecule has 0 aliphatic rings. The van der Waals surface area contributed by atoms with Crippen LogP contribution in [0.5, 0.6) is 5.75 Å². The number of aryl methyl sites for hydroxylation is 1. The molecule has 1 aromatic carbocycles. The molecule has 0 aliphatic heterocycles. The van der Waals surface area contributed by atoms with Crippen LogP contribution >= 0.6 is 0 Å². The molecule has 0 unspecified atom stereocenters. The molecular formula is C16H27NO. The molecule has 18 heavy (non-hydrogen) atoms. The van der Waals surface area contributed by atoms with Crippen LogP contribution in [0, 0.1) is 6.92 Å². The van der Waals surface area contributed by atoms with Gasteiger partial charge in [0.1, 0.15) is 5.75 Å². The van der Waals surface area contributed by atoms with Gasteiger partial charge < -0.3 is 10.5 Å². The lowest BCUT2D eigenvalue weighted by molar-refractivity contribution is 0.378. The maximum atomic E-state index is 5.92. The summed E-state index contributed by atoms with van der Waals surface area (Å²) in [7, 11) is 1.75. The number of benzene rings is 1. The summed E-state index contributed by atoms with van der Waals surface area (Å²) in [5.41, 5.74) is 9.63. The van der Waals surface area contributed by atoms with Gasteiger partial charge in [-0.2, -0.15) is 0 Å². The normalized spacial score (nSPS) is 12.7. The van der Waals surface area contributed by atoms with Crippen LogP contribution in [-0.2, 0) is 10.8 Å². The Balaban J connectivity index is 3.58. The van der Waals surface area contributed by atoms with Gasteiger partial charge >= 0.3 is 0 Å². The number of methoxy groups -OCH3 is 1. The molecule has 1 rings (SSSR count). The lowest BCUT2D eigenvalue weighted by Crippen LogP contribution is -2.29. The summed E-state index contributed by atoms with van der Waals surface area (Å²) in [5, 5.41) is 0. The van der Waals surface area contributed by atoms with Gasteiger partial charge in [0, 0.05) is 23.1 Å². The van der Waals surface area contributed by atoms with Crippen LogP contribution in [0.15, 0.2) is 12.1 Å². The minimum Gasteiger partial charge on any atom is -0.496 e. The van der Waals surface area contributed by atoms with Crippen molar-refractivity contribution >= 4 is 0 Å². The number of hydrogen-bond acceptors (Lipinski definition) is 2. The third-order valence-electron chi connectivity index (χ3n) is 3.48. The number of hydrogen-bond donors (Lipinski definition) is 1. The minimum atomic E-state index is -0.0721. The Bertz CT molecular complexity index is 427. The first-order valence-corrected chi connectivity index (χ1v) is 6.53. The minimum absolute atomic E-state index is 0.0663. The fraction of sp³-hybridized carbons (Fsp3) is 0.625. The Morgan fingerprint density at radius 1 is 1.06 bits per heavy atom. The molecule has 0 aromatic heterocycles. The zero-order valence-electron chi connectivity index (χ0n) is 12.8. The third kappa shape index (κ3) is 2.86. The molecule has 0 saturated heterocycles. The van der Waals surface area contributed by atoms with Crippen LogP contribution in [-0.4, -0.2) is 13.7 Å². The summed E-state index contributed by atoms with van der Waals surface area (Å²) < 4.78 is 5.69. The van der Waals surface area contributed by atoms with Crippen molar-refractivity contribution in [1.29, 1.82) is 0 Å². The number of nitrogens with two attached hydrogens (primary N) is 1. The Hall–Kier alpha value is -1.02. The highest BCUT2D eigenvalue weighted by Gasteiger charge is 2.28. The van der Waals surface area contributed by atoms with Crippen LogP contribution in [0.4, 0.5) is 0 Å². The largest absolute Gasteiger partial charge is 0.496 e.